The highest BCUT2D eigenvalue weighted by Crippen LogP contribution is 2.29. The zero-order valence-corrected chi connectivity index (χ0v) is 14.4. The fourth-order valence-corrected chi connectivity index (χ4v) is 2.69. The molecule has 1 heterocycles. The molecule has 120 valence electrons. The molecule has 22 heavy (non-hydrogen) atoms. The molecular formula is C19H28N2O. The van der Waals surface area contributed by atoms with Crippen molar-refractivity contribution < 1.29 is 4.74 Å². The lowest BCUT2D eigenvalue weighted by Gasteiger charge is -2.24. The molecule has 0 saturated carbocycles. The van der Waals surface area contributed by atoms with Crippen molar-refractivity contribution in [3.63, 3.8) is 0 Å². The van der Waals surface area contributed by atoms with Crippen LogP contribution in [-0.4, -0.2) is 17.6 Å². The molecule has 0 aliphatic heterocycles. The smallest absolute Gasteiger partial charge is 0.146 e. The first-order chi connectivity index (χ1) is 10.4. The SMILES string of the molecule is CCCNc1ccc2cccc(OC(C)CC(C)(C)C)c2n1. The van der Waals surface area contributed by atoms with Crippen LogP contribution in [0, 0.1) is 5.41 Å². The third-order valence-electron chi connectivity index (χ3n) is 3.47. The Hall–Kier alpha value is -1.77. The van der Waals surface area contributed by atoms with Gasteiger partial charge in [-0.25, -0.2) is 4.98 Å². The van der Waals surface area contributed by atoms with Crippen molar-refractivity contribution in [3.8, 4) is 5.75 Å². The number of benzene rings is 1. The maximum atomic E-state index is 6.17. The molecule has 2 rings (SSSR count). The second-order valence-electron chi connectivity index (χ2n) is 7.14. The van der Waals surface area contributed by atoms with Gasteiger partial charge in [-0.1, -0.05) is 39.8 Å². The Morgan fingerprint density at radius 2 is 1.95 bits per heavy atom. The summed E-state index contributed by atoms with van der Waals surface area (Å²) in [5.41, 5.74) is 1.19. The summed E-state index contributed by atoms with van der Waals surface area (Å²) in [6, 6.07) is 10.2. The van der Waals surface area contributed by atoms with Crippen LogP contribution in [0.1, 0.15) is 47.5 Å². The second-order valence-corrected chi connectivity index (χ2v) is 7.14. The van der Waals surface area contributed by atoms with E-state index < -0.39 is 0 Å². The first kappa shape index (κ1) is 16.6. The molecule has 0 fully saturated rings. The summed E-state index contributed by atoms with van der Waals surface area (Å²) in [4.78, 5) is 4.73. The molecule has 1 aromatic carbocycles. The molecule has 3 nitrogen and oxygen atoms in total. The fraction of sp³-hybridized carbons (Fsp3) is 0.526. The maximum absolute atomic E-state index is 6.17. The average Bonchev–Trinajstić information content (AvgIpc) is 2.43. The molecule has 2 aromatic rings. The van der Waals surface area contributed by atoms with E-state index in [2.05, 4.69) is 52.1 Å². The predicted octanol–water partition coefficient (Wildman–Crippen LogP) is 5.26. The van der Waals surface area contributed by atoms with Gasteiger partial charge in [-0.15, -0.1) is 0 Å². The Morgan fingerprint density at radius 3 is 2.64 bits per heavy atom. The van der Waals surface area contributed by atoms with E-state index in [4.69, 9.17) is 9.72 Å². The van der Waals surface area contributed by atoms with Gasteiger partial charge >= 0.3 is 0 Å². The molecular weight excluding hydrogens is 272 g/mol. The summed E-state index contributed by atoms with van der Waals surface area (Å²) in [5.74, 6) is 1.78. The topological polar surface area (TPSA) is 34.1 Å². The molecule has 0 bridgehead atoms. The number of nitrogens with one attached hydrogen (secondary N) is 1. The van der Waals surface area contributed by atoms with Crippen molar-refractivity contribution in [2.45, 2.75) is 53.6 Å². The van der Waals surface area contributed by atoms with Crippen molar-refractivity contribution in [1.29, 1.82) is 0 Å². The van der Waals surface area contributed by atoms with Crippen molar-refractivity contribution in [2.24, 2.45) is 5.41 Å². The Balaban J connectivity index is 2.24. The van der Waals surface area contributed by atoms with E-state index in [-0.39, 0.29) is 11.5 Å². The number of anilines is 1. The van der Waals surface area contributed by atoms with E-state index in [0.29, 0.717) is 0 Å². The van der Waals surface area contributed by atoms with Gasteiger partial charge in [-0.2, -0.15) is 0 Å². The lowest BCUT2D eigenvalue weighted by Crippen LogP contribution is -2.20. The van der Waals surface area contributed by atoms with E-state index in [1.54, 1.807) is 0 Å². The van der Waals surface area contributed by atoms with Crippen LogP contribution in [-0.2, 0) is 0 Å². The fourth-order valence-electron chi connectivity index (χ4n) is 2.69. The number of nitrogens with zero attached hydrogens (tertiary/aromatic N) is 1. The lowest BCUT2D eigenvalue weighted by molar-refractivity contribution is 0.162. The van der Waals surface area contributed by atoms with Crippen LogP contribution in [0.3, 0.4) is 0 Å². The number of rotatable bonds is 6. The second kappa shape index (κ2) is 6.99. The summed E-state index contributed by atoms with van der Waals surface area (Å²) in [5, 5.41) is 4.45. The number of pyridine rings is 1. The van der Waals surface area contributed by atoms with E-state index in [9.17, 15) is 0 Å². The van der Waals surface area contributed by atoms with Gasteiger partial charge in [0.2, 0.25) is 0 Å². The largest absolute Gasteiger partial charge is 0.488 e. The Morgan fingerprint density at radius 1 is 1.18 bits per heavy atom. The summed E-state index contributed by atoms with van der Waals surface area (Å²) < 4.78 is 6.17. The number of ether oxygens (including phenoxy) is 1. The van der Waals surface area contributed by atoms with E-state index in [0.717, 1.165) is 41.9 Å². The van der Waals surface area contributed by atoms with Crippen molar-refractivity contribution >= 4 is 16.7 Å². The highest BCUT2D eigenvalue weighted by molar-refractivity contribution is 5.85. The normalized spacial score (nSPS) is 13.1. The zero-order valence-electron chi connectivity index (χ0n) is 14.4. The molecule has 1 aromatic heterocycles. The van der Waals surface area contributed by atoms with Crippen molar-refractivity contribution in [2.75, 3.05) is 11.9 Å². The van der Waals surface area contributed by atoms with Gasteiger partial charge < -0.3 is 10.1 Å². The molecule has 1 N–H and O–H groups in total. The van der Waals surface area contributed by atoms with Gasteiger partial charge in [0.15, 0.2) is 0 Å². The van der Waals surface area contributed by atoms with E-state index in [1.807, 2.05) is 18.2 Å². The lowest BCUT2D eigenvalue weighted by atomic mass is 9.90. The minimum Gasteiger partial charge on any atom is -0.488 e. The Bertz CT molecular complexity index is 616. The molecule has 1 atom stereocenters. The number of fused-ring (bicyclic) bond motifs is 1. The van der Waals surface area contributed by atoms with Crippen LogP contribution in [0.25, 0.3) is 10.9 Å². The molecule has 0 aliphatic carbocycles. The van der Waals surface area contributed by atoms with Crippen molar-refractivity contribution in [3.05, 3.63) is 30.3 Å². The zero-order chi connectivity index (χ0) is 16.2. The minimum absolute atomic E-state index is 0.166. The van der Waals surface area contributed by atoms with Crippen LogP contribution in [0.15, 0.2) is 30.3 Å². The summed E-state index contributed by atoms with van der Waals surface area (Å²) in [7, 11) is 0. The van der Waals surface area contributed by atoms with Crippen LogP contribution in [0.4, 0.5) is 5.82 Å². The number of para-hydroxylation sites is 1. The van der Waals surface area contributed by atoms with Gasteiger partial charge in [0.25, 0.3) is 0 Å². The van der Waals surface area contributed by atoms with Gasteiger partial charge in [-0.05, 0) is 43.4 Å². The summed E-state index contributed by atoms with van der Waals surface area (Å²) >= 11 is 0. The van der Waals surface area contributed by atoms with Crippen LogP contribution < -0.4 is 10.1 Å². The predicted molar refractivity (Wildman–Crippen MR) is 94.7 cm³/mol. The summed E-state index contributed by atoms with van der Waals surface area (Å²) in [6.45, 7) is 11.9. The molecule has 0 saturated heterocycles. The standard InChI is InChI=1S/C19H28N2O/c1-6-12-20-17-11-10-15-8-7-9-16(18(15)21-17)22-14(2)13-19(3,4)5/h7-11,14H,6,12-13H2,1-5H3,(H,20,21). The van der Waals surface area contributed by atoms with Gasteiger partial charge in [0.1, 0.15) is 17.1 Å². The van der Waals surface area contributed by atoms with Crippen LogP contribution >= 0.6 is 0 Å². The average molecular weight is 300 g/mol. The molecule has 0 spiro atoms. The third kappa shape index (κ3) is 4.62. The minimum atomic E-state index is 0.166. The molecule has 0 amide bonds. The first-order valence-electron chi connectivity index (χ1n) is 8.19. The first-order valence-corrected chi connectivity index (χ1v) is 8.19. The van der Waals surface area contributed by atoms with Crippen LogP contribution in [0.2, 0.25) is 0 Å². The van der Waals surface area contributed by atoms with Crippen molar-refractivity contribution in [1.82, 2.24) is 4.98 Å². The molecule has 3 heteroatoms. The molecule has 0 aliphatic rings. The quantitative estimate of drug-likeness (QED) is 0.790. The number of hydrogen-bond donors (Lipinski definition) is 1. The number of hydrogen-bond acceptors (Lipinski definition) is 3. The van der Waals surface area contributed by atoms with Crippen LogP contribution in [0.5, 0.6) is 5.75 Å². The summed E-state index contributed by atoms with van der Waals surface area (Å²) in [6.07, 6.45) is 2.26. The van der Waals surface area contributed by atoms with E-state index in [1.165, 1.54) is 0 Å². The number of aromatic nitrogens is 1. The molecule has 0 radical (unpaired) electrons. The Labute approximate surface area is 134 Å². The van der Waals surface area contributed by atoms with Gasteiger partial charge in [0.05, 0.1) is 6.10 Å². The van der Waals surface area contributed by atoms with Gasteiger partial charge in [-0.3, -0.25) is 0 Å². The van der Waals surface area contributed by atoms with Gasteiger partial charge in [0, 0.05) is 11.9 Å². The highest BCUT2D eigenvalue weighted by Gasteiger charge is 2.17. The highest BCUT2D eigenvalue weighted by atomic mass is 16.5. The monoisotopic (exact) mass is 300 g/mol. The third-order valence-corrected chi connectivity index (χ3v) is 3.47. The molecule has 1 unspecified atom stereocenters. The Kier molecular flexibility index (Phi) is 5.28. The van der Waals surface area contributed by atoms with E-state index >= 15 is 0 Å². The maximum Gasteiger partial charge on any atom is 0.146 e.